The van der Waals surface area contributed by atoms with Crippen LogP contribution in [0.25, 0.3) is 0 Å². The van der Waals surface area contributed by atoms with E-state index >= 15 is 0 Å². The van der Waals surface area contributed by atoms with E-state index in [1.54, 1.807) is 18.2 Å². The molecule has 8 heteroatoms. The highest BCUT2D eigenvalue weighted by atomic mass is 16.6. The molecule has 4 atom stereocenters. The van der Waals surface area contributed by atoms with Crippen LogP contribution in [0, 0.1) is 27.9 Å². The molecule has 0 spiro atoms. The zero-order valence-electron chi connectivity index (χ0n) is 17.8. The van der Waals surface area contributed by atoms with E-state index in [9.17, 15) is 19.7 Å². The van der Waals surface area contributed by atoms with E-state index in [4.69, 9.17) is 0 Å². The number of amides is 1. The van der Waals surface area contributed by atoms with Gasteiger partial charge in [0.1, 0.15) is 0 Å². The third kappa shape index (κ3) is 3.12. The standard InChI is InChI=1S/C24H26N4O4/c29-22-3-1-2-20-16-8-17(13-26(20)22)23-19(24(30)25-11-14-4-5-14)10-15-9-18(28(31)32)6-7-21(15)27(23)12-16/h1-3,6-7,9,14,16-17,19,23H,4-5,8,10-13H2,(H,25,30)/t16-,17+,19-,23+/m1/s1. The Morgan fingerprint density at radius 2 is 2.03 bits per heavy atom. The predicted molar refractivity (Wildman–Crippen MR) is 119 cm³/mol. The Morgan fingerprint density at radius 3 is 2.81 bits per heavy atom. The molecule has 8 nitrogen and oxygen atoms in total. The van der Waals surface area contributed by atoms with Crippen molar-refractivity contribution in [2.45, 2.75) is 44.2 Å². The first-order valence-corrected chi connectivity index (χ1v) is 11.5. The number of anilines is 1. The lowest BCUT2D eigenvalue weighted by atomic mass is 9.70. The van der Waals surface area contributed by atoms with Crippen LogP contribution in [0.3, 0.4) is 0 Å². The number of carbonyl (C=O) groups excluding carboxylic acids is 1. The summed E-state index contributed by atoms with van der Waals surface area (Å²) in [4.78, 5) is 39.2. The lowest BCUT2D eigenvalue weighted by Crippen LogP contribution is -2.61. The molecule has 1 aromatic carbocycles. The van der Waals surface area contributed by atoms with E-state index in [1.165, 1.54) is 12.8 Å². The molecule has 4 aliphatic rings. The van der Waals surface area contributed by atoms with Crippen LogP contribution < -0.4 is 15.8 Å². The minimum atomic E-state index is -0.373. The molecule has 1 saturated carbocycles. The molecule has 1 amide bonds. The number of fused-ring (bicyclic) bond motifs is 8. The minimum Gasteiger partial charge on any atom is -0.366 e. The molecule has 0 radical (unpaired) electrons. The van der Waals surface area contributed by atoms with Gasteiger partial charge in [-0.3, -0.25) is 19.7 Å². The topological polar surface area (TPSA) is 97.5 Å². The number of hydrogen-bond acceptors (Lipinski definition) is 5. The molecular weight excluding hydrogens is 408 g/mol. The Bertz CT molecular complexity index is 1170. The summed E-state index contributed by atoms with van der Waals surface area (Å²) >= 11 is 0. The second-order valence-electron chi connectivity index (χ2n) is 9.80. The Balaban J connectivity index is 1.41. The highest BCUT2D eigenvalue weighted by Gasteiger charge is 2.49. The Morgan fingerprint density at radius 1 is 1.19 bits per heavy atom. The van der Waals surface area contributed by atoms with Crippen LogP contribution in [0.5, 0.6) is 0 Å². The second kappa shape index (κ2) is 7.18. The van der Waals surface area contributed by atoms with Crippen LogP contribution in [0.15, 0.2) is 41.2 Å². The van der Waals surface area contributed by atoms with E-state index in [2.05, 4.69) is 10.2 Å². The van der Waals surface area contributed by atoms with Gasteiger partial charge in [0.2, 0.25) is 5.91 Å². The van der Waals surface area contributed by atoms with Crippen LogP contribution in [0.2, 0.25) is 0 Å². The van der Waals surface area contributed by atoms with Crippen molar-refractivity contribution in [2.24, 2.45) is 17.8 Å². The van der Waals surface area contributed by atoms with Crippen molar-refractivity contribution in [3.8, 4) is 0 Å². The van der Waals surface area contributed by atoms with Gasteiger partial charge in [0.05, 0.1) is 10.8 Å². The number of rotatable bonds is 4. The van der Waals surface area contributed by atoms with Gasteiger partial charge in [-0.15, -0.1) is 0 Å². The molecule has 0 unspecified atom stereocenters. The quantitative estimate of drug-likeness (QED) is 0.589. The van der Waals surface area contributed by atoms with Gasteiger partial charge in [-0.2, -0.15) is 0 Å². The number of carbonyl (C=O) groups is 1. The molecule has 1 aromatic heterocycles. The van der Waals surface area contributed by atoms with Crippen molar-refractivity contribution < 1.29 is 9.72 Å². The average molecular weight is 434 g/mol. The Hall–Kier alpha value is -3.16. The smallest absolute Gasteiger partial charge is 0.269 e. The molecule has 6 rings (SSSR count). The van der Waals surface area contributed by atoms with Crippen molar-refractivity contribution in [2.75, 3.05) is 18.0 Å². The fourth-order valence-electron chi connectivity index (χ4n) is 6.15. The summed E-state index contributed by atoms with van der Waals surface area (Å²) in [5.41, 5.74) is 3.00. The number of nitrogens with one attached hydrogen (secondary N) is 1. The van der Waals surface area contributed by atoms with Gasteiger partial charge in [-0.1, -0.05) is 6.07 Å². The molecule has 1 N–H and O–H groups in total. The van der Waals surface area contributed by atoms with Crippen molar-refractivity contribution in [3.63, 3.8) is 0 Å². The van der Waals surface area contributed by atoms with Gasteiger partial charge in [0, 0.05) is 61.2 Å². The van der Waals surface area contributed by atoms with Crippen molar-refractivity contribution in [1.29, 1.82) is 0 Å². The molecule has 3 aliphatic heterocycles. The number of nitrogens with zero attached hydrogens (tertiary/aromatic N) is 3. The number of nitro groups is 1. The van der Waals surface area contributed by atoms with Gasteiger partial charge in [-0.05, 0) is 55.2 Å². The maximum atomic E-state index is 13.3. The van der Waals surface area contributed by atoms with Crippen molar-refractivity contribution in [1.82, 2.24) is 9.88 Å². The fraction of sp³-hybridized carbons (Fsp3) is 0.500. The summed E-state index contributed by atoms with van der Waals surface area (Å²) in [6, 6.07) is 10.5. The molecule has 166 valence electrons. The molecule has 1 aliphatic carbocycles. The number of aromatic nitrogens is 1. The molecule has 4 heterocycles. The number of piperidine rings is 1. The second-order valence-corrected chi connectivity index (χ2v) is 9.80. The number of non-ortho nitro benzene ring substituents is 1. The van der Waals surface area contributed by atoms with Gasteiger partial charge in [0.25, 0.3) is 11.2 Å². The van der Waals surface area contributed by atoms with Crippen molar-refractivity contribution >= 4 is 17.3 Å². The number of hydrogen-bond donors (Lipinski definition) is 1. The maximum absolute atomic E-state index is 13.3. The summed E-state index contributed by atoms with van der Waals surface area (Å²) in [7, 11) is 0. The predicted octanol–water partition coefficient (Wildman–Crippen LogP) is 2.45. The lowest BCUT2D eigenvalue weighted by Gasteiger charge is -2.54. The van der Waals surface area contributed by atoms with Crippen LogP contribution in [0.1, 0.15) is 36.4 Å². The molecule has 32 heavy (non-hydrogen) atoms. The summed E-state index contributed by atoms with van der Waals surface area (Å²) in [5, 5.41) is 14.5. The highest BCUT2D eigenvalue weighted by Crippen LogP contribution is 2.47. The van der Waals surface area contributed by atoms with Crippen LogP contribution in [0.4, 0.5) is 11.4 Å². The van der Waals surface area contributed by atoms with Crippen LogP contribution >= 0.6 is 0 Å². The number of pyridine rings is 1. The SMILES string of the molecule is O=C(NCC1CC1)[C@@H]1Cc2cc([N+](=O)[O-])ccc2N2C[C@H]3C[C@@H](Cn4c3cccc4=O)[C@@H]12. The first-order chi connectivity index (χ1) is 15.5. The van der Waals surface area contributed by atoms with Crippen molar-refractivity contribution in [3.05, 3.63) is 68.1 Å². The molecular formula is C24H26N4O4. The first-order valence-electron chi connectivity index (χ1n) is 11.5. The summed E-state index contributed by atoms with van der Waals surface area (Å²) in [5.74, 6) is 0.725. The maximum Gasteiger partial charge on any atom is 0.269 e. The lowest BCUT2D eigenvalue weighted by molar-refractivity contribution is -0.384. The fourth-order valence-corrected chi connectivity index (χ4v) is 6.15. The van der Waals surface area contributed by atoms with E-state index in [-0.39, 0.29) is 45.9 Å². The van der Waals surface area contributed by atoms with E-state index < -0.39 is 0 Å². The van der Waals surface area contributed by atoms with Gasteiger partial charge >= 0.3 is 0 Å². The van der Waals surface area contributed by atoms with E-state index in [1.807, 2.05) is 22.8 Å². The van der Waals surface area contributed by atoms with Gasteiger partial charge < -0.3 is 14.8 Å². The minimum absolute atomic E-state index is 0.0142. The highest BCUT2D eigenvalue weighted by molar-refractivity contribution is 5.82. The average Bonchev–Trinajstić information content (AvgIpc) is 3.62. The molecule has 2 aromatic rings. The summed E-state index contributed by atoms with van der Waals surface area (Å²) in [6.45, 7) is 2.03. The zero-order valence-corrected chi connectivity index (χ0v) is 17.8. The first kappa shape index (κ1) is 19.5. The summed E-state index contributed by atoms with van der Waals surface area (Å²) < 4.78 is 1.89. The largest absolute Gasteiger partial charge is 0.366 e. The normalized spacial score (nSPS) is 27.7. The summed E-state index contributed by atoms with van der Waals surface area (Å²) in [6.07, 6.45) is 3.78. The Labute approximate surface area is 185 Å². The number of nitro benzene ring substituents is 1. The van der Waals surface area contributed by atoms with E-state index in [0.29, 0.717) is 32.0 Å². The van der Waals surface area contributed by atoms with E-state index in [0.717, 1.165) is 23.4 Å². The van der Waals surface area contributed by atoms with Gasteiger partial charge in [-0.25, -0.2) is 0 Å². The molecule has 2 fully saturated rings. The zero-order chi connectivity index (χ0) is 22.0. The molecule has 2 bridgehead atoms. The third-order valence-electron chi connectivity index (χ3n) is 7.80. The third-order valence-corrected chi connectivity index (χ3v) is 7.80. The van der Waals surface area contributed by atoms with Crippen LogP contribution in [-0.4, -0.2) is 34.5 Å². The van der Waals surface area contributed by atoms with Gasteiger partial charge in [0.15, 0.2) is 0 Å². The molecule has 1 saturated heterocycles. The monoisotopic (exact) mass is 434 g/mol. The Kier molecular flexibility index (Phi) is 4.38. The number of benzene rings is 1. The van der Waals surface area contributed by atoms with Crippen LogP contribution in [-0.2, 0) is 17.8 Å².